The van der Waals surface area contributed by atoms with Crippen LogP contribution in [0.4, 0.5) is 5.69 Å². The van der Waals surface area contributed by atoms with Crippen molar-refractivity contribution in [1.29, 1.82) is 0 Å². The number of nitrogens with zero attached hydrogens (tertiary/aromatic N) is 1. The van der Waals surface area contributed by atoms with E-state index in [9.17, 15) is 4.79 Å². The fourth-order valence-corrected chi connectivity index (χ4v) is 1.81. The van der Waals surface area contributed by atoms with Gasteiger partial charge in [0.05, 0.1) is 16.6 Å². The van der Waals surface area contributed by atoms with Gasteiger partial charge in [-0.15, -0.1) is 0 Å². The Hall–Kier alpha value is -2.08. The molecule has 0 fully saturated rings. The summed E-state index contributed by atoms with van der Waals surface area (Å²) in [4.78, 5) is 15.5. The number of halogens is 1. The first-order valence-electron chi connectivity index (χ1n) is 5.96. The lowest BCUT2D eigenvalue weighted by Crippen LogP contribution is -2.05. The minimum absolute atomic E-state index is 0.327. The summed E-state index contributed by atoms with van der Waals surface area (Å²) in [5.41, 5.74) is 6.67. The van der Waals surface area contributed by atoms with Gasteiger partial charge < -0.3 is 15.2 Å². The Labute approximate surface area is 124 Å². The van der Waals surface area contributed by atoms with Crippen LogP contribution in [-0.4, -0.2) is 17.6 Å². The summed E-state index contributed by atoms with van der Waals surface area (Å²) in [6.07, 6.45) is 1.41. The molecule has 1 aromatic heterocycles. The second-order valence-corrected chi connectivity index (χ2v) is 4.75. The highest BCUT2D eigenvalue weighted by atomic mass is 79.9. The average Bonchev–Trinajstić information content (AvgIpc) is 2.44. The van der Waals surface area contributed by atoms with Crippen LogP contribution in [-0.2, 0) is 4.74 Å². The molecule has 0 spiro atoms. The second kappa shape index (κ2) is 6.38. The Kier molecular flexibility index (Phi) is 4.57. The maximum Gasteiger partial charge on any atom is 0.339 e. The fraction of sp³-hybridized carbons (Fsp3) is 0.143. The third kappa shape index (κ3) is 3.48. The largest absolute Gasteiger partial charge is 0.462 e. The van der Waals surface area contributed by atoms with Gasteiger partial charge in [0.25, 0.3) is 0 Å². The lowest BCUT2D eigenvalue weighted by atomic mass is 10.3. The molecule has 6 heteroatoms. The number of carbonyl (C=O) groups excluding carboxylic acids is 1. The number of ether oxygens (including phenoxy) is 2. The first-order valence-corrected chi connectivity index (χ1v) is 6.75. The molecule has 20 heavy (non-hydrogen) atoms. The monoisotopic (exact) mass is 336 g/mol. The minimum atomic E-state index is -0.406. The van der Waals surface area contributed by atoms with E-state index < -0.39 is 5.97 Å². The summed E-state index contributed by atoms with van der Waals surface area (Å²) in [5.74, 6) is 0.516. The zero-order chi connectivity index (χ0) is 14.5. The molecule has 2 N–H and O–H groups in total. The highest BCUT2D eigenvalue weighted by Crippen LogP contribution is 2.30. The van der Waals surface area contributed by atoms with Gasteiger partial charge in [-0.1, -0.05) is 0 Å². The van der Waals surface area contributed by atoms with Crippen LogP contribution >= 0.6 is 15.9 Å². The van der Waals surface area contributed by atoms with Crippen LogP contribution in [0.3, 0.4) is 0 Å². The molecule has 2 aromatic rings. The second-order valence-electron chi connectivity index (χ2n) is 3.90. The molecule has 0 amide bonds. The smallest absolute Gasteiger partial charge is 0.339 e. The van der Waals surface area contributed by atoms with Crippen molar-refractivity contribution in [1.82, 2.24) is 4.98 Å². The number of pyridine rings is 1. The molecule has 0 radical (unpaired) electrons. The van der Waals surface area contributed by atoms with Crippen LogP contribution in [0, 0.1) is 0 Å². The van der Waals surface area contributed by atoms with E-state index in [-0.39, 0.29) is 0 Å². The Morgan fingerprint density at radius 2 is 2.15 bits per heavy atom. The molecule has 0 saturated heterocycles. The van der Waals surface area contributed by atoms with E-state index in [2.05, 4.69) is 20.9 Å². The summed E-state index contributed by atoms with van der Waals surface area (Å²) in [5, 5.41) is 0. The molecule has 0 aliphatic rings. The molecule has 1 aromatic carbocycles. The van der Waals surface area contributed by atoms with Crippen molar-refractivity contribution in [3.63, 3.8) is 0 Å². The molecule has 0 bridgehead atoms. The summed E-state index contributed by atoms with van der Waals surface area (Å²) < 4.78 is 11.2. The third-order valence-electron chi connectivity index (χ3n) is 2.42. The summed E-state index contributed by atoms with van der Waals surface area (Å²) >= 11 is 3.36. The maximum absolute atomic E-state index is 11.5. The lowest BCUT2D eigenvalue weighted by molar-refractivity contribution is 0.0526. The van der Waals surface area contributed by atoms with E-state index >= 15 is 0 Å². The zero-order valence-corrected chi connectivity index (χ0v) is 12.4. The topological polar surface area (TPSA) is 74.4 Å². The van der Waals surface area contributed by atoms with Crippen molar-refractivity contribution in [2.45, 2.75) is 6.92 Å². The van der Waals surface area contributed by atoms with E-state index in [1.165, 1.54) is 6.20 Å². The predicted octanol–water partition coefficient (Wildman–Crippen LogP) is 3.40. The summed E-state index contributed by atoms with van der Waals surface area (Å²) in [6.45, 7) is 2.08. The van der Waals surface area contributed by atoms with Crippen LogP contribution in [0.15, 0.2) is 41.0 Å². The first kappa shape index (κ1) is 14.3. The number of benzene rings is 1. The number of rotatable bonds is 4. The normalized spacial score (nSPS) is 10.1. The van der Waals surface area contributed by atoms with Crippen LogP contribution in [0.2, 0.25) is 0 Å². The molecule has 0 saturated carbocycles. The number of nitrogens with two attached hydrogens (primary N) is 1. The van der Waals surface area contributed by atoms with Gasteiger partial charge in [-0.3, -0.25) is 0 Å². The Balaban J connectivity index is 2.14. The van der Waals surface area contributed by atoms with Gasteiger partial charge in [-0.2, -0.15) is 0 Å². The van der Waals surface area contributed by atoms with Crippen LogP contribution in [0.5, 0.6) is 11.6 Å². The number of hydrogen-bond acceptors (Lipinski definition) is 5. The standard InChI is InChI=1S/C14H13BrN2O3/c1-2-19-14(18)9-3-6-13(17-8-9)20-12-7-10(16)4-5-11(12)15/h3-8H,2,16H2,1H3. The van der Waals surface area contributed by atoms with Gasteiger partial charge in [0, 0.05) is 24.0 Å². The Morgan fingerprint density at radius 3 is 2.80 bits per heavy atom. The molecule has 0 aliphatic carbocycles. The summed E-state index contributed by atoms with van der Waals surface area (Å²) in [6, 6.07) is 8.43. The molecular weight excluding hydrogens is 324 g/mol. The quantitative estimate of drug-likeness (QED) is 0.684. The highest BCUT2D eigenvalue weighted by Gasteiger charge is 2.08. The highest BCUT2D eigenvalue weighted by molar-refractivity contribution is 9.10. The SMILES string of the molecule is CCOC(=O)c1ccc(Oc2cc(N)ccc2Br)nc1. The van der Waals surface area contributed by atoms with Gasteiger partial charge >= 0.3 is 5.97 Å². The number of anilines is 1. The van der Waals surface area contributed by atoms with E-state index in [0.717, 1.165) is 4.47 Å². The number of aromatic nitrogens is 1. The third-order valence-corrected chi connectivity index (χ3v) is 3.07. The number of esters is 1. The minimum Gasteiger partial charge on any atom is -0.462 e. The molecule has 2 rings (SSSR count). The molecule has 1 heterocycles. The van der Waals surface area contributed by atoms with Crippen LogP contribution < -0.4 is 10.5 Å². The molecule has 5 nitrogen and oxygen atoms in total. The van der Waals surface area contributed by atoms with Crippen molar-refractivity contribution in [3.8, 4) is 11.6 Å². The summed E-state index contributed by atoms with van der Waals surface area (Å²) in [7, 11) is 0. The zero-order valence-electron chi connectivity index (χ0n) is 10.8. The van der Waals surface area contributed by atoms with Gasteiger partial charge in [-0.25, -0.2) is 9.78 Å². The van der Waals surface area contributed by atoms with Gasteiger partial charge in [-0.05, 0) is 41.1 Å². The van der Waals surface area contributed by atoms with Crippen LogP contribution in [0.1, 0.15) is 17.3 Å². The van der Waals surface area contributed by atoms with Gasteiger partial charge in [0.2, 0.25) is 5.88 Å². The van der Waals surface area contributed by atoms with Crippen molar-refractivity contribution in [2.75, 3.05) is 12.3 Å². The first-order chi connectivity index (χ1) is 9.60. The maximum atomic E-state index is 11.5. The molecular formula is C14H13BrN2O3. The number of hydrogen-bond donors (Lipinski definition) is 1. The molecule has 0 aliphatic heterocycles. The van der Waals surface area contributed by atoms with E-state index in [0.29, 0.717) is 29.5 Å². The van der Waals surface area contributed by atoms with Crippen molar-refractivity contribution in [3.05, 3.63) is 46.6 Å². The average molecular weight is 337 g/mol. The van der Waals surface area contributed by atoms with Crippen LogP contribution in [0.25, 0.3) is 0 Å². The molecule has 0 atom stereocenters. The number of nitrogen functional groups attached to an aromatic ring is 1. The van der Waals surface area contributed by atoms with E-state index in [4.69, 9.17) is 15.2 Å². The predicted molar refractivity (Wildman–Crippen MR) is 78.8 cm³/mol. The van der Waals surface area contributed by atoms with Crippen molar-refractivity contribution in [2.24, 2.45) is 0 Å². The molecule has 0 unspecified atom stereocenters. The van der Waals surface area contributed by atoms with E-state index in [1.807, 2.05) is 0 Å². The number of carbonyl (C=O) groups is 1. The van der Waals surface area contributed by atoms with Crippen molar-refractivity contribution < 1.29 is 14.3 Å². The fourth-order valence-electron chi connectivity index (χ4n) is 1.49. The van der Waals surface area contributed by atoms with E-state index in [1.54, 1.807) is 37.3 Å². The Morgan fingerprint density at radius 1 is 1.35 bits per heavy atom. The van der Waals surface area contributed by atoms with Gasteiger partial charge in [0.1, 0.15) is 5.75 Å². The Bertz CT molecular complexity index is 614. The van der Waals surface area contributed by atoms with Gasteiger partial charge in [0.15, 0.2) is 0 Å². The lowest BCUT2D eigenvalue weighted by Gasteiger charge is -2.08. The molecule has 104 valence electrons. The van der Waals surface area contributed by atoms with Crippen molar-refractivity contribution >= 4 is 27.6 Å².